The zero-order valence-corrected chi connectivity index (χ0v) is 82.3. The van der Waals surface area contributed by atoms with E-state index in [0.717, 1.165) is 128 Å². The SMILES string of the molecule is CCCCCCCCCCCCC/C=C/C(OC(=O)CCCCCCCCCCC)C(COP(=O)([O-])OCCNC(=O)NCCOP(=O)([O-])OCC(NC(=O)CCCCCCCCCCCCC)C(/C=C/CCCCCCCCCCCCC)OC(=O)CCCCCCCCCCC)NC(=O)CCCCCCCCCCCCC.[Na+].[Na+]. The van der Waals surface area contributed by atoms with Crippen LogP contribution in [0.1, 0.15) is 478 Å². The number of ether oxygens (including phenoxy) is 2. The summed E-state index contributed by atoms with van der Waals surface area (Å²) in [4.78, 5) is 94.6. The van der Waals surface area contributed by atoms with E-state index in [1.54, 1.807) is 12.2 Å². The molecule has 0 radical (unpaired) electrons. The summed E-state index contributed by atoms with van der Waals surface area (Å²) < 4.78 is 60.4. The molecule has 0 saturated carbocycles. The van der Waals surface area contributed by atoms with E-state index >= 15 is 0 Å². The average Bonchev–Trinajstić information content (AvgIpc) is 0.878. The van der Waals surface area contributed by atoms with E-state index < -0.39 is 84.3 Å². The fourth-order valence-electron chi connectivity index (χ4n) is 14.4. The Morgan fingerprint density at radius 1 is 0.293 bits per heavy atom. The summed E-state index contributed by atoms with van der Waals surface area (Å²) in [6.07, 6.45) is 78.3. The molecular weight excluding hydrogens is 1520 g/mol. The van der Waals surface area contributed by atoms with Crippen LogP contribution in [-0.4, -0.2) is 93.6 Å². The molecule has 19 nitrogen and oxygen atoms in total. The second-order valence-corrected chi connectivity index (χ2v) is 35.6. The number of esters is 2. The molecule has 4 amide bonds. The van der Waals surface area contributed by atoms with Gasteiger partial charge in [0.05, 0.1) is 38.5 Å². The van der Waals surface area contributed by atoms with Crippen molar-refractivity contribution < 1.29 is 130 Å². The number of carbonyl (C=O) groups excluding carboxylic acids is 5. The van der Waals surface area contributed by atoms with Crippen molar-refractivity contribution in [2.24, 2.45) is 0 Å². The smallest absolute Gasteiger partial charge is 0.756 e. The van der Waals surface area contributed by atoms with Gasteiger partial charge in [0.1, 0.15) is 12.2 Å². The van der Waals surface area contributed by atoms with Crippen LogP contribution in [0.4, 0.5) is 4.79 Å². The number of unbranched alkanes of at least 4 members (excludes halogenated alkanes) is 58. The number of carbonyl (C=O) groups is 5. The Hall–Kier alpha value is -1.15. The molecule has 672 valence electrons. The molecule has 0 aromatic rings. The van der Waals surface area contributed by atoms with Gasteiger partial charge < -0.3 is 58.6 Å². The zero-order valence-electron chi connectivity index (χ0n) is 76.5. The fraction of sp³-hybridized carbons (Fsp3) is 0.903. The van der Waals surface area contributed by atoms with Crippen molar-refractivity contribution in [2.75, 3.05) is 39.5 Å². The first-order valence-corrected chi connectivity index (χ1v) is 51.0. The van der Waals surface area contributed by atoms with E-state index in [0.29, 0.717) is 25.7 Å². The molecule has 0 aromatic carbocycles. The fourth-order valence-corrected chi connectivity index (χ4v) is 15.9. The normalized spacial score (nSPS) is 13.7. The van der Waals surface area contributed by atoms with Crippen molar-refractivity contribution in [1.82, 2.24) is 21.3 Å². The van der Waals surface area contributed by atoms with Crippen molar-refractivity contribution >= 4 is 45.4 Å². The summed E-state index contributed by atoms with van der Waals surface area (Å²) in [5, 5.41) is 10.9. The first-order chi connectivity index (χ1) is 55.6. The summed E-state index contributed by atoms with van der Waals surface area (Å²) in [6.45, 7) is 10.5. The molecule has 0 fully saturated rings. The maximum Gasteiger partial charge on any atom is 1.00 e. The minimum atomic E-state index is -5.08. The quantitative estimate of drug-likeness (QED) is 0.0145. The third-order valence-corrected chi connectivity index (χ3v) is 23.6. The number of amides is 4. The molecule has 0 aliphatic carbocycles. The number of hydrogen-bond acceptors (Lipinski definition) is 15. The van der Waals surface area contributed by atoms with Gasteiger partial charge in [-0.1, -0.05) is 413 Å². The summed E-state index contributed by atoms with van der Waals surface area (Å²) in [5.41, 5.74) is 0. The molecule has 6 atom stereocenters. The van der Waals surface area contributed by atoms with Gasteiger partial charge in [0, 0.05) is 38.8 Å². The maximum absolute atomic E-state index is 13.7. The number of nitrogens with one attached hydrogen (secondary N) is 4. The molecule has 116 heavy (non-hydrogen) atoms. The van der Waals surface area contributed by atoms with Gasteiger partial charge in [-0.3, -0.25) is 28.3 Å². The number of phosphoric acid groups is 2. The topological polar surface area (TPSA) is 269 Å². The number of allylic oxidation sites excluding steroid dienone is 2. The van der Waals surface area contributed by atoms with Crippen LogP contribution in [0.3, 0.4) is 0 Å². The number of phosphoric ester groups is 2. The van der Waals surface area contributed by atoms with E-state index in [2.05, 4.69) is 62.8 Å². The Bertz CT molecular complexity index is 2200. The number of rotatable bonds is 90. The molecule has 0 aliphatic heterocycles. The van der Waals surface area contributed by atoms with Crippen molar-refractivity contribution in [2.45, 2.75) is 502 Å². The monoisotopic (exact) mass is 1700 g/mol. The van der Waals surface area contributed by atoms with Gasteiger partial charge >= 0.3 is 77.1 Å². The zero-order chi connectivity index (χ0) is 83.4. The summed E-state index contributed by atoms with van der Waals surface area (Å²) in [7, 11) is -10.2. The molecule has 0 aromatic heterocycles. The van der Waals surface area contributed by atoms with E-state index in [1.165, 1.54) is 257 Å². The van der Waals surface area contributed by atoms with Gasteiger partial charge in [-0.2, -0.15) is 0 Å². The average molecular weight is 1700 g/mol. The van der Waals surface area contributed by atoms with Gasteiger partial charge in [0.2, 0.25) is 11.8 Å². The predicted octanol–water partition coefficient (Wildman–Crippen LogP) is 19.8. The van der Waals surface area contributed by atoms with Gasteiger partial charge in [-0.15, -0.1) is 0 Å². The van der Waals surface area contributed by atoms with Crippen LogP contribution >= 0.6 is 15.6 Å². The molecule has 0 heterocycles. The van der Waals surface area contributed by atoms with Crippen LogP contribution in [-0.2, 0) is 55.9 Å². The Balaban J connectivity index is -0.0000638. The van der Waals surface area contributed by atoms with Crippen LogP contribution in [0.25, 0.3) is 0 Å². The molecule has 0 aliphatic rings. The van der Waals surface area contributed by atoms with E-state index in [9.17, 15) is 42.9 Å². The second kappa shape index (κ2) is 91.5. The van der Waals surface area contributed by atoms with E-state index in [4.69, 9.17) is 27.6 Å². The minimum absolute atomic E-state index is 0. The second-order valence-electron chi connectivity index (χ2n) is 32.8. The van der Waals surface area contributed by atoms with Gasteiger partial charge in [0.15, 0.2) is 0 Å². The molecule has 0 rings (SSSR count). The molecule has 6 unspecified atom stereocenters. The molecule has 4 N–H and O–H groups in total. The summed E-state index contributed by atoms with van der Waals surface area (Å²) in [5.74, 6) is -1.49. The molecule has 23 heteroatoms. The standard InChI is InChI=1S/C93H180N4O15P2.2Na/c1-7-13-19-25-31-37-41-43-47-51-55-61-67-73-87(111-91(100)77-71-65-59-49-35-29-23-17-11-5)85(96-89(98)75-69-63-57-53-45-39-33-27-21-15-9-3)83-109-113(103,104)107-81-79-94-93(102)95-80-82-108-114(105,106)110-84-86(97-90(99)76-70-64-58-54-46-40-34-28-22-16-10-4)88(112-92(101)78-72-66-60-50-36-30-24-18-12-6)74-68-62-56-52-48-44-42-38-32-26-20-14-8-2;;/h67-68,73-74,85-88H,7-66,69-72,75-84H2,1-6H3,(H,96,98)(H,97,99)(H,103,104)(H,105,106)(H2,94,95,102);;/q;2*+1/p-2/b73-67+,74-68+;;. The van der Waals surface area contributed by atoms with Crippen molar-refractivity contribution in [3.05, 3.63) is 24.3 Å². The Kier molecular flexibility index (Phi) is 93.9. The van der Waals surface area contributed by atoms with Gasteiger partial charge in [-0.05, 0) is 63.5 Å². The summed E-state index contributed by atoms with van der Waals surface area (Å²) in [6, 6.07) is -2.90. The van der Waals surface area contributed by atoms with Gasteiger partial charge in [-0.25, -0.2) is 4.79 Å². The first-order valence-electron chi connectivity index (χ1n) is 48.1. The third kappa shape index (κ3) is 85.0. The van der Waals surface area contributed by atoms with E-state index in [-0.39, 0.29) is 110 Å². The Morgan fingerprint density at radius 2 is 0.500 bits per heavy atom. The maximum atomic E-state index is 13.7. The minimum Gasteiger partial charge on any atom is -0.756 e. The van der Waals surface area contributed by atoms with Crippen molar-refractivity contribution in [3.8, 4) is 0 Å². The molecule has 0 spiro atoms. The van der Waals surface area contributed by atoms with Crippen LogP contribution < -0.4 is 90.2 Å². The third-order valence-electron chi connectivity index (χ3n) is 21.7. The molecular formula is C93H178N4Na2O15P2. The molecule has 0 bridgehead atoms. The molecule has 0 saturated heterocycles. The van der Waals surface area contributed by atoms with Crippen LogP contribution in [0.15, 0.2) is 24.3 Å². The predicted molar refractivity (Wildman–Crippen MR) is 470 cm³/mol. The van der Waals surface area contributed by atoms with Gasteiger partial charge in [0.25, 0.3) is 15.6 Å². The largest absolute Gasteiger partial charge is 1.00 e. The Labute approximate surface area is 756 Å². The number of urea groups is 1. The number of hydrogen-bond donors (Lipinski definition) is 4. The first kappa shape index (κ1) is 119. The van der Waals surface area contributed by atoms with Crippen molar-refractivity contribution in [1.29, 1.82) is 0 Å². The van der Waals surface area contributed by atoms with Crippen LogP contribution in [0.5, 0.6) is 0 Å². The van der Waals surface area contributed by atoms with Crippen molar-refractivity contribution in [3.63, 3.8) is 0 Å². The Morgan fingerprint density at radius 3 is 0.733 bits per heavy atom. The van der Waals surface area contributed by atoms with Crippen LogP contribution in [0.2, 0.25) is 0 Å². The summed E-state index contributed by atoms with van der Waals surface area (Å²) >= 11 is 0. The van der Waals surface area contributed by atoms with Crippen LogP contribution in [0, 0.1) is 0 Å². The van der Waals surface area contributed by atoms with E-state index in [1.807, 2.05) is 12.2 Å².